The van der Waals surface area contributed by atoms with Gasteiger partial charge in [0, 0.05) is 25.8 Å². The van der Waals surface area contributed by atoms with Crippen molar-refractivity contribution in [2.24, 2.45) is 5.73 Å². The predicted molar refractivity (Wildman–Crippen MR) is 90.1 cm³/mol. The minimum absolute atomic E-state index is 0.235. The first kappa shape index (κ1) is 21.8. The minimum atomic E-state index is -2.27. The topological polar surface area (TPSA) is 144 Å². The molecule has 0 heterocycles. The predicted octanol–water partition coefficient (Wildman–Crippen LogP) is -0.172. The van der Waals surface area contributed by atoms with E-state index < -0.39 is 24.1 Å². The Kier molecular flexibility index (Phi) is 8.97. The Balaban J connectivity index is 0.000000470. The molecule has 1 aromatic rings. The van der Waals surface area contributed by atoms with Crippen LogP contribution in [0.5, 0.6) is 0 Å². The number of aryl methyl sites for hydroxylation is 1. The fraction of sp³-hybridized carbons (Fsp3) is 0.500. The molecule has 8 nitrogen and oxygen atoms in total. The van der Waals surface area contributed by atoms with Gasteiger partial charge in [-0.3, -0.25) is 0 Å². The van der Waals surface area contributed by atoms with Crippen LogP contribution in [0.2, 0.25) is 0 Å². The van der Waals surface area contributed by atoms with Crippen molar-refractivity contribution in [1.29, 1.82) is 0 Å². The molecule has 0 bridgehead atoms. The first-order valence-corrected chi connectivity index (χ1v) is 7.31. The Morgan fingerprint density at radius 3 is 1.88 bits per heavy atom. The number of carbonyl (C=O) groups is 2. The van der Waals surface area contributed by atoms with Crippen LogP contribution in [0, 0.1) is 6.92 Å². The van der Waals surface area contributed by atoms with Gasteiger partial charge in [-0.1, -0.05) is 6.07 Å². The monoisotopic (exact) mass is 342 g/mol. The average molecular weight is 342 g/mol. The normalized spacial score (nSPS) is 14.0. The van der Waals surface area contributed by atoms with Crippen molar-refractivity contribution in [2.45, 2.75) is 38.5 Å². The Labute approximate surface area is 141 Å². The molecular weight excluding hydrogens is 316 g/mol. The quantitative estimate of drug-likeness (QED) is 0.479. The van der Waals surface area contributed by atoms with E-state index in [4.69, 9.17) is 26.2 Å². The Bertz CT molecular complexity index is 541. The van der Waals surface area contributed by atoms with E-state index >= 15 is 0 Å². The van der Waals surface area contributed by atoms with Crippen LogP contribution < -0.4 is 10.6 Å². The molecule has 0 fully saturated rings. The van der Waals surface area contributed by atoms with E-state index in [1.165, 1.54) is 16.8 Å². The van der Waals surface area contributed by atoms with Crippen LogP contribution in [-0.4, -0.2) is 64.7 Å². The molecule has 8 heteroatoms. The number of aliphatic hydroxyl groups is 2. The van der Waals surface area contributed by atoms with Crippen LogP contribution in [-0.2, 0) is 16.0 Å². The number of benzene rings is 1. The van der Waals surface area contributed by atoms with Gasteiger partial charge in [0.15, 0.2) is 12.2 Å². The molecule has 0 spiro atoms. The van der Waals surface area contributed by atoms with E-state index in [-0.39, 0.29) is 6.04 Å². The van der Waals surface area contributed by atoms with Crippen molar-refractivity contribution in [3.05, 3.63) is 29.3 Å². The maximum atomic E-state index is 9.77. The van der Waals surface area contributed by atoms with Crippen LogP contribution >= 0.6 is 0 Å². The molecule has 0 saturated heterocycles. The van der Waals surface area contributed by atoms with E-state index in [0.717, 1.165) is 6.42 Å². The van der Waals surface area contributed by atoms with E-state index in [2.05, 4.69) is 44.1 Å². The van der Waals surface area contributed by atoms with E-state index in [1.807, 2.05) is 6.92 Å². The number of carboxylic acid groups (broad SMARTS) is 2. The molecule has 0 radical (unpaired) electrons. The highest BCUT2D eigenvalue weighted by Crippen LogP contribution is 2.18. The van der Waals surface area contributed by atoms with Gasteiger partial charge in [0.1, 0.15) is 0 Å². The highest BCUT2D eigenvalue weighted by atomic mass is 16.4. The summed E-state index contributed by atoms with van der Waals surface area (Å²) in [4.78, 5) is 21.7. The van der Waals surface area contributed by atoms with Gasteiger partial charge in [0.05, 0.1) is 0 Å². The lowest BCUT2D eigenvalue weighted by Crippen LogP contribution is -2.39. The summed E-state index contributed by atoms with van der Waals surface area (Å²) in [6, 6.07) is 6.76. The van der Waals surface area contributed by atoms with E-state index in [1.54, 1.807) is 0 Å². The second kappa shape index (κ2) is 9.86. The third-order valence-corrected chi connectivity index (χ3v) is 3.19. The van der Waals surface area contributed by atoms with Gasteiger partial charge in [-0.25, -0.2) is 9.59 Å². The van der Waals surface area contributed by atoms with E-state index in [9.17, 15) is 9.59 Å². The largest absolute Gasteiger partial charge is 0.479 e. The molecule has 0 saturated carbocycles. The third kappa shape index (κ3) is 7.40. The standard InChI is InChI=1S/C12H20N2.C4H6O6/c1-9-7-12(14(3)4)6-5-11(9)8-10(2)13;5-1(3(7)8)2(6)4(9)10/h5-7,10H,8,13H2,1-4H3;1-2,5-6H,(H,7,8)(H,9,10)/t10-;/m0./s1. The summed E-state index contributed by atoms with van der Waals surface area (Å²) in [5, 5.41) is 32.5. The number of anilines is 1. The Morgan fingerprint density at radius 2 is 1.58 bits per heavy atom. The fourth-order valence-corrected chi connectivity index (χ4v) is 1.80. The van der Waals surface area contributed by atoms with Gasteiger partial charge >= 0.3 is 11.9 Å². The van der Waals surface area contributed by atoms with Crippen molar-refractivity contribution in [3.63, 3.8) is 0 Å². The van der Waals surface area contributed by atoms with Crippen molar-refractivity contribution in [1.82, 2.24) is 0 Å². The molecule has 0 aliphatic rings. The average Bonchev–Trinajstić information content (AvgIpc) is 2.47. The molecule has 0 aliphatic carbocycles. The van der Waals surface area contributed by atoms with Gasteiger partial charge in [-0.05, 0) is 43.5 Å². The Hall–Kier alpha value is -2.16. The molecule has 2 unspecified atom stereocenters. The maximum absolute atomic E-state index is 9.77. The molecule has 0 amide bonds. The molecule has 1 rings (SSSR count). The van der Waals surface area contributed by atoms with Crippen LogP contribution in [0.15, 0.2) is 18.2 Å². The number of aliphatic carboxylic acids is 2. The van der Waals surface area contributed by atoms with Crippen molar-refractivity contribution < 1.29 is 30.0 Å². The van der Waals surface area contributed by atoms with Crippen LogP contribution in [0.4, 0.5) is 5.69 Å². The van der Waals surface area contributed by atoms with Gasteiger partial charge in [0.2, 0.25) is 0 Å². The lowest BCUT2D eigenvalue weighted by atomic mass is 10.0. The summed E-state index contributed by atoms with van der Waals surface area (Å²) in [5.74, 6) is -3.54. The smallest absolute Gasteiger partial charge is 0.335 e. The van der Waals surface area contributed by atoms with Gasteiger partial charge in [-0.2, -0.15) is 0 Å². The van der Waals surface area contributed by atoms with Crippen molar-refractivity contribution in [3.8, 4) is 0 Å². The summed E-state index contributed by atoms with van der Waals surface area (Å²) < 4.78 is 0. The summed E-state index contributed by atoms with van der Waals surface area (Å²) in [6.45, 7) is 4.18. The molecular formula is C16H26N2O6. The summed E-state index contributed by atoms with van der Waals surface area (Å²) in [5.41, 5.74) is 9.71. The fourth-order valence-electron chi connectivity index (χ4n) is 1.80. The zero-order valence-corrected chi connectivity index (χ0v) is 14.3. The van der Waals surface area contributed by atoms with E-state index in [0.29, 0.717) is 0 Å². The summed E-state index contributed by atoms with van der Waals surface area (Å²) >= 11 is 0. The second-order valence-electron chi connectivity index (χ2n) is 5.75. The lowest BCUT2D eigenvalue weighted by molar-refractivity contribution is -0.165. The maximum Gasteiger partial charge on any atom is 0.335 e. The van der Waals surface area contributed by atoms with Crippen LogP contribution in [0.25, 0.3) is 0 Å². The first-order valence-electron chi connectivity index (χ1n) is 7.31. The SMILES string of the molecule is Cc1cc(N(C)C)ccc1C[C@H](C)N.O=C(O)C(O)C(O)C(=O)O. The van der Waals surface area contributed by atoms with Crippen LogP contribution in [0.1, 0.15) is 18.1 Å². The highest BCUT2D eigenvalue weighted by molar-refractivity contribution is 5.83. The summed E-state index contributed by atoms with van der Waals surface area (Å²) in [7, 11) is 4.11. The third-order valence-electron chi connectivity index (χ3n) is 3.19. The number of carboxylic acids is 2. The number of nitrogens with two attached hydrogens (primary N) is 1. The van der Waals surface area contributed by atoms with Crippen LogP contribution in [0.3, 0.4) is 0 Å². The second-order valence-corrected chi connectivity index (χ2v) is 5.75. The molecule has 0 aromatic heterocycles. The number of hydrogen-bond donors (Lipinski definition) is 5. The highest BCUT2D eigenvalue weighted by Gasteiger charge is 2.29. The molecule has 24 heavy (non-hydrogen) atoms. The van der Waals surface area contributed by atoms with Crippen molar-refractivity contribution >= 4 is 17.6 Å². The zero-order valence-electron chi connectivity index (χ0n) is 14.3. The van der Waals surface area contributed by atoms with Gasteiger partial charge in [0.25, 0.3) is 0 Å². The Morgan fingerprint density at radius 1 is 1.12 bits per heavy atom. The summed E-state index contributed by atoms with van der Waals surface area (Å²) in [6.07, 6.45) is -3.57. The molecule has 136 valence electrons. The lowest BCUT2D eigenvalue weighted by Gasteiger charge is -2.15. The number of aliphatic hydroxyl groups excluding tert-OH is 2. The van der Waals surface area contributed by atoms with Gasteiger partial charge in [-0.15, -0.1) is 0 Å². The molecule has 3 atom stereocenters. The first-order chi connectivity index (χ1) is 11.0. The van der Waals surface area contributed by atoms with Gasteiger partial charge < -0.3 is 31.1 Å². The number of nitrogens with zero attached hydrogens (tertiary/aromatic N) is 1. The number of rotatable bonds is 6. The molecule has 0 aliphatic heterocycles. The minimum Gasteiger partial charge on any atom is -0.479 e. The molecule has 1 aromatic carbocycles. The zero-order chi connectivity index (χ0) is 19.0. The van der Waals surface area contributed by atoms with Crippen molar-refractivity contribution in [2.75, 3.05) is 19.0 Å². The molecule has 6 N–H and O–H groups in total. The number of hydrogen-bond acceptors (Lipinski definition) is 6.